The van der Waals surface area contributed by atoms with Gasteiger partial charge in [-0.05, 0) is 11.1 Å². The zero-order valence-corrected chi connectivity index (χ0v) is 9.90. The number of amides is 1. The van der Waals surface area contributed by atoms with Crippen LogP contribution in [0.1, 0.15) is 19.7 Å². The van der Waals surface area contributed by atoms with E-state index in [0.29, 0.717) is 24.8 Å². The molecule has 0 aliphatic rings. The van der Waals surface area contributed by atoms with Crippen LogP contribution in [0, 0.1) is 5.92 Å². The van der Waals surface area contributed by atoms with Gasteiger partial charge in [0.2, 0.25) is 5.91 Å². The summed E-state index contributed by atoms with van der Waals surface area (Å²) in [5, 5.41) is 17.2. The van der Waals surface area contributed by atoms with Crippen molar-refractivity contribution in [1.29, 1.82) is 0 Å². The van der Waals surface area contributed by atoms with Crippen LogP contribution in [0.4, 0.5) is 0 Å². The molecule has 0 saturated carbocycles. The maximum atomic E-state index is 11.3. The lowest BCUT2D eigenvalue weighted by Gasteiger charge is -2.07. The van der Waals surface area contributed by atoms with Gasteiger partial charge < -0.3 is 10.6 Å². The minimum Gasteiger partial charge on any atom is -0.355 e. The predicted molar refractivity (Wildman–Crippen MR) is 58.4 cm³/mol. The topological polar surface area (TPSA) is 84.7 Å². The molecule has 0 aliphatic carbocycles. The van der Waals surface area contributed by atoms with Crippen molar-refractivity contribution in [2.24, 2.45) is 13.0 Å². The molecule has 0 atom stereocenters. The Labute approximate surface area is 94.6 Å². The monoisotopic (exact) mass is 226 g/mol. The van der Waals surface area contributed by atoms with Crippen molar-refractivity contribution in [2.45, 2.75) is 20.4 Å². The number of hydrogen-bond acceptors (Lipinski definition) is 5. The van der Waals surface area contributed by atoms with Gasteiger partial charge in [0.25, 0.3) is 0 Å². The molecule has 1 rings (SSSR count). The first-order valence-electron chi connectivity index (χ1n) is 5.28. The molecule has 16 heavy (non-hydrogen) atoms. The molecule has 0 spiro atoms. The van der Waals surface area contributed by atoms with Crippen LogP contribution in [0.5, 0.6) is 0 Å². The number of carbonyl (C=O) groups is 1. The Hall–Kier alpha value is -1.50. The fourth-order valence-electron chi connectivity index (χ4n) is 1.06. The minimum atomic E-state index is -0.0161. The highest BCUT2D eigenvalue weighted by molar-refractivity contribution is 5.77. The number of hydrogen-bond donors (Lipinski definition) is 2. The van der Waals surface area contributed by atoms with Gasteiger partial charge in [-0.2, -0.15) is 4.80 Å². The van der Waals surface area contributed by atoms with Crippen molar-refractivity contribution in [3.8, 4) is 0 Å². The largest absolute Gasteiger partial charge is 0.355 e. The van der Waals surface area contributed by atoms with Gasteiger partial charge in [0.05, 0.1) is 20.1 Å². The second-order valence-electron chi connectivity index (χ2n) is 4.00. The summed E-state index contributed by atoms with van der Waals surface area (Å²) >= 11 is 0. The minimum absolute atomic E-state index is 0.0161. The Kier molecular flexibility index (Phi) is 4.84. The van der Waals surface area contributed by atoms with Crippen molar-refractivity contribution < 1.29 is 4.79 Å². The van der Waals surface area contributed by atoms with Crippen LogP contribution in [0.3, 0.4) is 0 Å². The number of nitrogens with one attached hydrogen (secondary N) is 2. The summed E-state index contributed by atoms with van der Waals surface area (Å²) in [6.07, 6.45) is 0. The lowest BCUT2D eigenvalue weighted by atomic mass is 10.2. The Morgan fingerprint density at radius 2 is 2.25 bits per heavy atom. The van der Waals surface area contributed by atoms with Crippen LogP contribution >= 0.6 is 0 Å². The van der Waals surface area contributed by atoms with E-state index in [0.717, 1.165) is 0 Å². The highest BCUT2D eigenvalue weighted by atomic mass is 16.1. The molecule has 0 aliphatic heterocycles. The summed E-state index contributed by atoms with van der Waals surface area (Å²) < 4.78 is 0. The smallest absolute Gasteiger partial charge is 0.233 e. The van der Waals surface area contributed by atoms with Gasteiger partial charge >= 0.3 is 0 Å². The van der Waals surface area contributed by atoms with E-state index < -0.39 is 0 Å². The highest BCUT2D eigenvalue weighted by Gasteiger charge is 2.03. The first-order chi connectivity index (χ1) is 7.58. The predicted octanol–water partition coefficient (Wildman–Crippen LogP) is -0.928. The van der Waals surface area contributed by atoms with Crippen molar-refractivity contribution in [3.05, 3.63) is 5.82 Å². The lowest BCUT2D eigenvalue weighted by molar-refractivity contribution is -0.120. The molecule has 7 nitrogen and oxygen atoms in total. The first-order valence-corrected chi connectivity index (χ1v) is 5.28. The van der Waals surface area contributed by atoms with Crippen LogP contribution in [-0.2, 0) is 18.4 Å². The van der Waals surface area contributed by atoms with Gasteiger partial charge in [-0.3, -0.25) is 4.79 Å². The average molecular weight is 226 g/mol. The van der Waals surface area contributed by atoms with Crippen LogP contribution in [-0.4, -0.2) is 39.2 Å². The summed E-state index contributed by atoms with van der Waals surface area (Å²) in [4.78, 5) is 12.7. The Morgan fingerprint density at radius 1 is 1.50 bits per heavy atom. The van der Waals surface area contributed by atoms with E-state index in [1.165, 1.54) is 4.80 Å². The van der Waals surface area contributed by atoms with Gasteiger partial charge in [0.15, 0.2) is 5.82 Å². The molecule has 2 N–H and O–H groups in total. The van der Waals surface area contributed by atoms with E-state index in [1.807, 2.05) is 0 Å². The quantitative estimate of drug-likeness (QED) is 0.655. The summed E-state index contributed by atoms with van der Waals surface area (Å²) in [7, 11) is 1.70. The second kappa shape index (κ2) is 6.16. The summed E-state index contributed by atoms with van der Waals surface area (Å²) in [6.45, 7) is 5.52. The van der Waals surface area contributed by atoms with E-state index in [4.69, 9.17) is 0 Å². The standard InChI is InChI=1S/C9H18N6O/c1-7(2)4-11-9(16)6-10-5-8-12-14-15(3)13-8/h7,10H,4-6H2,1-3H3,(H,11,16). The fourth-order valence-corrected chi connectivity index (χ4v) is 1.06. The molecular weight excluding hydrogens is 208 g/mol. The van der Waals surface area contributed by atoms with E-state index in [9.17, 15) is 4.79 Å². The molecule has 1 aromatic heterocycles. The lowest BCUT2D eigenvalue weighted by Crippen LogP contribution is -2.35. The van der Waals surface area contributed by atoms with E-state index in [2.05, 4.69) is 39.9 Å². The van der Waals surface area contributed by atoms with Crippen LogP contribution in [0.15, 0.2) is 0 Å². The number of aryl methyl sites for hydroxylation is 1. The summed E-state index contributed by atoms with van der Waals surface area (Å²) in [5.41, 5.74) is 0. The Bertz CT molecular complexity index is 334. The normalized spacial score (nSPS) is 10.8. The maximum Gasteiger partial charge on any atom is 0.233 e. The van der Waals surface area contributed by atoms with E-state index in [-0.39, 0.29) is 12.5 Å². The number of carbonyl (C=O) groups excluding carboxylic acids is 1. The van der Waals surface area contributed by atoms with E-state index >= 15 is 0 Å². The van der Waals surface area contributed by atoms with Crippen LogP contribution in [0.2, 0.25) is 0 Å². The summed E-state index contributed by atoms with van der Waals surface area (Å²) in [5.74, 6) is 1.03. The Balaban J connectivity index is 2.13. The van der Waals surface area contributed by atoms with Crippen molar-refractivity contribution in [1.82, 2.24) is 30.8 Å². The zero-order chi connectivity index (χ0) is 12.0. The average Bonchev–Trinajstić information content (AvgIpc) is 2.61. The van der Waals surface area contributed by atoms with Crippen LogP contribution < -0.4 is 10.6 Å². The first kappa shape index (κ1) is 12.6. The van der Waals surface area contributed by atoms with Gasteiger partial charge in [0, 0.05) is 6.54 Å². The molecule has 0 aromatic carbocycles. The van der Waals surface area contributed by atoms with Gasteiger partial charge in [-0.1, -0.05) is 13.8 Å². The number of aromatic nitrogens is 4. The molecule has 1 amide bonds. The third-order valence-corrected chi connectivity index (χ3v) is 1.83. The van der Waals surface area contributed by atoms with Crippen molar-refractivity contribution >= 4 is 5.91 Å². The molecule has 0 saturated heterocycles. The van der Waals surface area contributed by atoms with Gasteiger partial charge in [0.1, 0.15) is 0 Å². The SMILES string of the molecule is CC(C)CNC(=O)CNCc1nnn(C)n1. The maximum absolute atomic E-state index is 11.3. The van der Waals surface area contributed by atoms with E-state index in [1.54, 1.807) is 7.05 Å². The van der Waals surface area contributed by atoms with Crippen LogP contribution in [0.25, 0.3) is 0 Å². The second-order valence-corrected chi connectivity index (χ2v) is 4.00. The fraction of sp³-hybridized carbons (Fsp3) is 0.778. The molecule has 0 radical (unpaired) electrons. The summed E-state index contributed by atoms with van der Waals surface area (Å²) in [6, 6.07) is 0. The Morgan fingerprint density at radius 3 is 2.81 bits per heavy atom. The number of rotatable bonds is 6. The van der Waals surface area contributed by atoms with Crippen molar-refractivity contribution in [2.75, 3.05) is 13.1 Å². The molecule has 0 fully saturated rings. The molecule has 1 heterocycles. The number of tetrazole rings is 1. The molecule has 7 heteroatoms. The zero-order valence-electron chi connectivity index (χ0n) is 9.90. The molecular formula is C9H18N6O. The molecule has 1 aromatic rings. The third kappa shape index (κ3) is 4.83. The van der Waals surface area contributed by atoms with Crippen molar-refractivity contribution in [3.63, 3.8) is 0 Å². The highest BCUT2D eigenvalue weighted by Crippen LogP contribution is 1.86. The molecule has 0 unspecified atom stereocenters. The number of nitrogens with zero attached hydrogens (tertiary/aromatic N) is 4. The van der Waals surface area contributed by atoms with Gasteiger partial charge in [-0.15, -0.1) is 10.2 Å². The van der Waals surface area contributed by atoms with Gasteiger partial charge in [-0.25, -0.2) is 0 Å². The molecule has 0 bridgehead atoms. The third-order valence-electron chi connectivity index (χ3n) is 1.83. The molecule has 90 valence electrons.